The van der Waals surface area contributed by atoms with Gasteiger partial charge in [0.05, 0.1) is 0 Å². The Kier molecular flexibility index (Phi) is 11.1. The molecule has 0 N–H and O–H groups in total. The van der Waals surface area contributed by atoms with Gasteiger partial charge in [-0.05, 0) is 12.8 Å². The lowest BCUT2D eigenvalue weighted by Crippen LogP contribution is -2.15. The molecule has 0 amide bonds. The van der Waals surface area contributed by atoms with Crippen molar-refractivity contribution < 1.29 is 9.53 Å². The molecule has 0 aromatic carbocycles. The SMILES string of the molecule is C=CC[C@H](CCCCCCCCC)OC(C)=O. The van der Waals surface area contributed by atoms with E-state index in [-0.39, 0.29) is 12.1 Å². The van der Waals surface area contributed by atoms with E-state index < -0.39 is 0 Å². The predicted octanol–water partition coefficient (Wildman–Crippen LogP) is 4.63. The van der Waals surface area contributed by atoms with E-state index in [9.17, 15) is 4.79 Å². The molecule has 1 atom stereocenters. The molecule has 2 nitrogen and oxygen atoms in total. The molecule has 0 heterocycles. The summed E-state index contributed by atoms with van der Waals surface area (Å²) in [6.45, 7) is 7.40. The van der Waals surface area contributed by atoms with E-state index in [0.717, 1.165) is 19.3 Å². The molecule has 0 aromatic heterocycles. The van der Waals surface area contributed by atoms with Crippen LogP contribution in [0.5, 0.6) is 0 Å². The lowest BCUT2D eigenvalue weighted by atomic mass is 10.0. The molecule has 0 fully saturated rings. The van der Waals surface area contributed by atoms with Gasteiger partial charge >= 0.3 is 5.97 Å². The molecular weight excluding hydrogens is 212 g/mol. The molecule has 17 heavy (non-hydrogen) atoms. The minimum Gasteiger partial charge on any atom is -0.462 e. The summed E-state index contributed by atoms with van der Waals surface area (Å²) in [6.07, 6.45) is 12.7. The van der Waals surface area contributed by atoms with Gasteiger partial charge in [-0.25, -0.2) is 0 Å². The molecule has 0 rings (SSSR count). The average Bonchev–Trinajstić information content (AvgIpc) is 2.27. The molecule has 0 aliphatic carbocycles. The number of unbranched alkanes of at least 4 members (excludes halogenated alkanes) is 6. The Morgan fingerprint density at radius 1 is 1.18 bits per heavy atom. The first-order valence-electron chi connectivity index (χ1n) is 6.98. The molecule has 0 aliphatic heterocycles. The summed E-state index contributed by atoms with van der Waals surface area (Å²) in [5.74, 6) is -0.181. The van der Waals surface area contributed by atoms with Gasteiger partial charge in [-0.15, -0.1) is 6.58 Å². The fourth-order valence-electron chi connectivity index (χ4n) is 1.97. The van der Waals surface area contributed by atoms with Crippen LogP contribution in [0.2, 0.25) is 0 Å². The highest BCUT2D eigenvalue weighted by Gasteiger charge is 2.09. The Bertz CT molecular complexity index is 199. The van der Waals surface area contributed by atoms with Gasteiger partial charge in [0.25, 0.3) is 0 Å². The van der Waals surface area contributed by atoms with Crippen molar-refractivity contribution in [1.82, 2.24) is 0 Å². The molecular formula is C15H28O2. The number of hydrogen-bond acceptors (Lipinski definition) is 2. The van der Waals surface area contributed by atoms with E-state index in [0.29, 0.717) is 0 Å². The molecule has 0 unspecified atom stereocenters. The zero-order valence-electron chi connectivity index (χ0n) is 11.5. The summed E-state index contributed by atoms with van der Waals surface area (Å²) in [7, 11) is 0. The quantitative estimate of drug-likeness (QED) is 0.299. The standard InChI is InChI=1S/C15H28O2/c1-4-6-7-8-9-10-11-13-15(12-5-2)17-14(3)16/h5,15H,2,4,6-13H2,1,3H3/t15-/m1/s1. The topological polar surface area (TPSA) is 26.3 Å². The maximum atomic E-state index is 10.9. The monoisotopic (exact) mass is 240 g/mol. The maximum Gasteiger partial charge on any atom is 0.302 e. The largest absolute Gasteiger partial charge is 0.462 e. The molecule has 100 valence electrons. The summed E-state index contributed by atoms with van der Waals surface area (Å²) in [6, 6.07) is 0. The van der Waals surface area contributed by atoms with Crippen molar-refractivity contribution in [2.24, 2.45) is 0 Å². The van der Waals surface area contributed by atoms with Gasteiger partial charge in [-0.2, -0.15) is 0 Å². The zero-order valence-corrected chi connectivity index (χ0v) is 11.5. The van der Waals surface area contributed by atoms with Gasteiger partial charge in [0.1, 0.15) is 6.10 Å². The molecule has 0 spiro atoms. The second-order valence-electron chi connectivity index (χ2n) is 4.67. The van der Waals surface area contributed by atoms with E-state index in [1.54, 1.807) is 0 Å². The van der Waals surface area contributed by atoms with Crippen molar-refractivity contribution >= 4 is 5.97 Å². The van der Waals surface area contributed by atoms with Crippen LogP contribution in [-0.4, -0.2) is 12.1 Å². The van der Waals surface area contributed by atoms with Crippen LogP contribution in [0.3, 0.4) is 0 Å². The van der Waals surface area contributed by atoms with E-state index in [1.807, 2.05) is 6.08 Å². The van der Waals surface area contributed by atoms with Gasteiger partial charge in [0.2, 0.25) is 0 Å². The summed E-state index contributed by atoms with van der Waals surface area (Å²) in [5, 5.41) is 0. The van der Waals surface area contributed by atoms with E-state index in [1.165, 1.54) is 45.4 Å². The molecule has 0 saturated heterocycles. The number of hydrogen-bond donors (Lipinski definition) is 0. The van der Waals surface area contributed by atoms with Crippen LogP contribution in [-0.2, 0) is 9.53 Å². The minimum absolute atomic E-state index is 0.0423. The van der Waals surface area contributed by atoms with Crippen molar-refractivity contribution in [3.05, 3.63) is 12.7 Å². The van der Waals surface area contributed by atoms with Crippen LogP contribution in [0.25, 0.3) is 0 Å². The molecule has 2 heteroatoms. The van der Waals surface area contributed by atoms with Crippen LogP contribution in [0, 0.1) is 0 Å². The second kappa shape index (κ2) is 11.7. The fraction of sp³-hybridized carbons (Fsp3) is 0.800. The zero-order chi connectivity index (χ0) is 12.9. The van der Waals surface area contributed by atoms with Crippen LogP contribution in [0.15, 0.2) is 12.7 Å². The Hall–Kier alpha value is -0.790. The van der Waals surface area contributed by atoms with Gasteiger partial charge in [-0.3, -0.25) is 4.79 Å². The highest BCUT2D eigenvalue weighted by atomic mass is 16.5. The first kappa shape index (κ1) is 16.2. The number of carbonyl (C=O) groups is 1. The van der Waals surface area contributed by atoms with Gasteiger partial charge < -0.3 is 4.74 Å². The van der Waals surface area contributed by atoms with Crippen molar-refractivity contribution in [2.45, 2.75) is 77.7 Å². The molecule has 0 radical (unpaired) electrons. The van der Waals surface area contributed by atoms with Crippen molar-refractivity contribution in [2.75, 3.05) is 0 Å². The number of rotatable bonds is 11. The van der Waals surface area contributed by atoms with Crippen LogP contribution in [0.4, 0.5) is 0 Å². The molecule has 0 bridgehead atoms. The summed E-state index contributed by atoms with van der Waals surface area (Å²) >= 11 is 0. The fourth-order valence-corrected chi connectivity index (χ4v) is 1.97. The van der Waals surface area contributed by atoms with Crippen molar-refractivity contribution in [3.8, 4) is 0 Å². The third-order valence-corrected chi connectivity index (χ3v) is 2.89. The summed E-state index contributed by atoms with van der Waals surface area (Å²) < 4.78 is 5.23. The smallest absolute Gasteiger partial charge is 0.302 e. The van der Waals surface area contributed by atoms with Crippen LogP contribution in [0.1, 0.15) is 71.6 Å². The second-order valence-corrected chi connectivity index (χ2v) is 4.67. The van der Waals surface area contributed by atoms with Crippen LogP contribution < -0.4 is 0 Å². The Balaban J connectivity index is 3.47. The van der Waals surface area contributed by atoms with Crippen molar-refractivity contribution in [1.29, 1.82) is 0 Å². The normalized spacial score (nSPS) is 12.1. The first-order chi connectivity index (χ1) is 8.20. The number of ether oxygens (including phenoxy) is 1. The number of esters is 1. The van der Waals surface area contributed by atoms with Crippen LogP contribution >= 0.6 is 0 Å². The van der Waals surface area contributed by atoms with E-state index in [4.69, 9.17) is 4.74 Å². The number of carbonyl (C=O) groups excluding carboxylic acids is 1. The highest BCUT2D eigenvalue weighted by Crippen LogP contribution is 2.13. The minimum atomic E-state index is -0.181. The van der Waals surface area contributed by atoms with Gasteiger partial charge in [0.15, 0.2) is 0 Å². The molecule has 0 saturated carbocycles. The molecule has 0 aromatic rings. The predicted molar refractivity (Wildman–Crippen MR) is 73.0 cm³/mol. The van der Waals surface area contributed by atoms with E-state index in [2.05, 4.69) is 13.5 Å². The van der Waals surface area contributed by atoms with Crippen molar-refractivity contribution in [3.63, 3.8) is 0 Å². The highest BCUT2D eigenvalue weighted by molar-refractivity contribution is 5.66. The first-order valence-corrected chi connectivity index (χ1v) is 6.98. The Morgan fingerprint density at radius 2 is 1.76 bits per heavy atom. The maximum absolute atomic E-state index is 10.9. The lowest BCUT2D eigenvalue weighted by molar-refractivity contribution is -0.146. The third-order valence-electron chi connectivity index (χ3n) is 2.89. The molecule has 0 aliphatic rings. The Labute approximate surface area is 106 Å². The summed E-state index contributed by atoms with van der Waals surface area (Å²) in [5.41, 5.74) is 0. The van der Waals surface area contributed by atoms with Gasteiger partial charge in [-0.1, -0.05) is 51.5 Å². The summed E-state index contributed by atoms with van der Waals surface area (Å²) in [4.78, 5) is 10.9. The Morgan fingerprint density at radius 3 is 2.29 bits per heavy atom. The van der Waals surface area contributed by atoms with Gasteiger partial charge in [0, 0.05) is 13.3 Å². The lowest BCUT2D eigenvalue weighted by Gasteiger charge is -2.14. The third kappa shape index (κ3) is 11.5. The van der Waals surface area contributed by atoms with E-state index >= 15 is 0 Å². The average molecular weight is 240 g/mol.